The molecule has 0 aliphatic heterocycles. The second-order valence-electron chi connectivity index (χ2n) is 5.52. The summed E-state index contributed by atoms with van der Waals surface area (Å²) in [6, 6.07) is 1.49. The van der Waals surface area contributed by atoms with E-state index in [-0.39, 0.29) is 12.6 Å². The normalized spacial score (nSPS) is 17.1. The summed E-state index contributed by atoms with van der Waals surface area (Å²) in [5, 5.41) is 18.9. The predicted molar refractivity (Wildman–Crippen MR) is 76.8 cm³/mol. The number of carbonyl (C=O) groups excluding carboxylic acids is 1. The Morgan fingerprint density at radius 1 is 1.24 bits per heavy atom. The standard InChI is InChI=1S/C14H22N4O3/c19-12(20)14(5-2-1-3-6-14)11-16-13(21)15-8-10-18-9-4-7-17-18/h4,7,9H,1-3,5-6,8,10-11H2,(H,19,20)(H2,15,16,21). The number of aliphatic carboxylic acids is 1. The Morgan fingerprint density at radius 3 is 2.62 bits per heavy atom. The third-order valence-corrected chi connectivity index (χ3v) is 4.04. The van der Waals surface area contributed by atoms with Gasteiger partial charge in [-0.1, -0.05) is 19.3 Å². The van der Waals surface area contributed by atoms with Crippen LogP contribution in [0.3, 0.4) is 0 Å². The Hall–Kier alpha value is -2.05. The maximum atomic E-state index is 11.7. The average molecular weight is 294 g/mol. The fourth-order valence-electron chi connectivity index (χ4n) is 2.72. The highest BCUT2D eigenvalue weighted by molar-refractivity contribution is 5.78. The third-order valence-electron chi connectivity index (χ3n) is 4.04. The molecule has 3 N–H and O–H groups in total. The lowest BCUT2D eigenvalue weighted by Crippen LogP contribution is -2.47. The van der Waals surface area contributed by atoms with Gasteiger partial charge >= 0.3 is 12.0 Å². The van der Waals surface area contributed by atoms with Gasteiger partial charge in [-0.3, -0.25) is 9.48 Å². The molecule has 0 spiro atoms. The minimum Gasteiger partial charge on any atom is -0.481 e. The van der Waals surface area contributed by atoms with Crippen molar-refractivity contribution in [1.29, 1.82) is 0 Å². The lowest BCUT2D eigenvalue weighted by atomic mass is 9.74. The largest absolute Gasteiger partial charge is 0.481 e. The fourth-order valence-corrected chi connectivity index (χ4v) is 2.72. The molecule has 1 aliphatic rings. The molecule has 1 aromatic heterocycles. The minimum atomic E-state index is -0.806. The number of nitrogens with zero attached hydrogens (tertiary/aromatic N) is 2. The van der Waals surface area contributed by atoms with E-state index in [1.54, 1.807) is 10.9 Å². The van der Waals surface area contributed by atoms with Crippen LogP contribution in [0.15, 0.2) is 18.5 Å². The molecule has 0 bridgehead atoms. The topological polar surface area (TPSA) is 96.3 Å². The molecule has 7 nitrogen and oxygen atoms in total. The molecule has 1 aliphatic carbocycles. The van der Waals surface area contributed by atoms with E-state index in [4.69, 9.17) is 0 Å². The average Bonchev–Trinajstić information content (AvgIpc) is 2.99. The van der Waals surface area contributed by atoms with Crippen LogP contribution in [0.4, 0.5) is 4.79 Å². The summed E-state index contributed by atoms with van der Waals surface area (Å²) >= 11 is 0. The van der Waals surface area contributed by atoms with Gasteiger partial charge in [-0.25, -0.2) is 4.79 Å². The van der Waals surface area contributed by atoms with E-state index in [0.717, 1.165) is 19.3 Å². The van der Waals surface area contributed by atoms with E-state index in [2.05, 4.69) is 15.7 Å². The van der Waals surface area contributed by atoms with E-state index >= 15 is 0 Å². The Kier molecular flexibility index (Phi) is 5.19. The second kappa shape index (κ2) is 7.10. The summed E-state index contributed by atoms with van der Waals surface area (Å²) in [6.45, 7) is 1.23. The SMILES string of the molecule is O=C(NCCn1cccn1)NCC1(C(=O)O)CCCCC1. The van der Waals surface area contributed by atoms with Crippen LogP contribution in [0.5, 0.6) is 0 Å². The molecule has 2 amide bonds. The molecule has 116 valence electrons. The van der Waals surface area contributed by atoms with Crippen LogP contribution in [0.1, 0.15) is 32.1 Å². The zero-order valence-electron chi connectivity index (χ0n) is 12.0. The van der Waals surface area contributed by atoms with Crippen LogP contribution in [-0.4, -0.2) is 40.0 Å². The maximum Gasteiger partial charge on any atom is 0.314 e. The molecular formula is C14H22N4O3. The van der Waals surface area contributed by atoms with E-state index in [0.29, 0.717) is 25.9 Å². The highest BCUT2D eigenvalue weighted by Crippen LogP contribution is 2.35. The van der Waals surface area contributed by atoms with Crippen molar-refractivity contribution in [2.75, 3.05) is 13.1 Å². The summed E-state index contributed by atoms with van der Waals surface area (Å²) in [4.78, 5) is 23.2. The number of carbonyl (C=O) groups is 2. The Morgan fingerprint density at radius 2 is 2.00 bits per heavy atom. The third kappa shape index (κ3) is 4.21. The number of urea groups is 1. The van der Waals surface area contributed by atoms with Gasteiger partial charge in [-0.05, 0) is 18.9 Å². The van der Waals surface area contributed by atoms with Crippen LogP contribution in [0.25, 0.3) is 0 Å². The van der Waals surface area contributed by atoms with Crippen LogP contribution in [0, 0.1) is 5.41 Å². The molecule has 2 rings (SSSR count). The molecule has 21 heavy (non-hydrogen) atoms. The fraction of sp³-hybridized carbons (Fsp3) is 0.643. The summed E-state index contributed by atoms with van der Waals surface area (Å²) < 4.78 is 1.72. The number of carboxylic acid groups (broad SMARTS) is 1. The number of amides is 2. The van der Waals surface area contributed by atoms with Crippen molar-refractivity contribution in [3.05, 3.63) is 18.5 Å². The minimum absolute atomic E-state index is 0.190. The van der Waals surface area contributed by atoms with Gasteiger partial charge in [0.05, 0.1) is 12.0 Å². The smallest absolute Gasteiger partial charge is 0.314 e. The molecule has 1 aromatic rings. The molecule has 1 saturated carbocycles. The molecule has 0 atom stereocenters. The summed E-state index contributed by atoms with van der Waals surface area (Å²) in [7, 11) is 0. The van der Waals surface area contributed by atoms with E-state index < -0.39 is 11.4 Å². The van der Waals surface area contributed by atoms with Crippen molar-refractivity contribution < 1.29 is 14.7 Å². The van der Waals surface area contributed by atoms with Crippen molar-refractivity contribution in [2.24, 2.45) is 5.41 Å². The zero-order valence-corrected chi connectivity index (χ0v) is 12.0. The number of carboxylic acids is 1. The number of hydrogen-bond donors (Lipinski definition) is 3. The van der Waals surface area contributed by atoms with Gasteiger partial charge in [0.2, 0.25) is 0 Å². The Labute approximate surface area is 123 Å². The number of rotatable bonds is 6. The molecule has 1 heterocycles. The summed E-state index contributed by atoms with van der Waals surface area (Å²) in [6.07, 6.45) is 7.67. The van der Waals surface area contributed by atoms with Crippen molar-refractivity contribution in [3.8, 4) is 0 Å². The summed E-state index contributed by atoms with van der Waals surface area (Å²) in [5.41, 5.74) is -0.794. The first-order valence-electron chi connectivity index (χ1n) is 7.35. The van der Waals surface area contributed by atoms with Gasteiger partial charge < -0.3 is 15.7 Å². The molecule has 1 fully saturated rings. The number of nitrogens with one attached hydrogen (secondary N) is 2. The van der Waals surface area contributed by atoms with Gasteiger partial charge in [0.1, 0.15) is 0 Å². The highest BCUT2D eigenvalue weighted by atomic mass is 16.4. The van der Waals surface area contributed by atoms with Crippen molar-refractivity contribution in [1.82, 2.24) is 20.4 Å². The van der Waals surface area contributed by atoms with Crippen LogP contribution in [-0.2, 0) is 11.3 Å². The summed E-state index contributed by atoms with van der Waals surface area (Å²) in [5.74, 6) is -0.806. The van der Waals surface area contributed by atoms with Crippen molar-refractivity contribution >= 4 is 12.0 Å². The second-order valence-corrected chi connectivity index (χ2v) is 5.52. The highest BCUT2D eigenvalue weighted by Gasteiger charge is 2.39. The molecule has 7 heteroatoms. The lowest BCUT2D eigenvalue weighted by Gasteiger charge is -2.33. The monoisotopic (exact) mass is 294 g/mol. The van der Waals surface area contributed by atoms with Crippen molar-refractivity contribution in [2.45, 2.75) is 38.6 Å². The quantitative estimate of drug-likeness (QED) is 0.735. The number of aromatic nitrogens is 2. The first-order chi connectivity index (χ1) is 10.1. The van der Waals surface area contributed by atoms with Gasteiger partial charge in [-0.2, -0.15) is 5.10 Å². The molecule has 0 radical (unpaired) electrons. The molecule has 0 aromatic carbocycles. The lowest BCUT2D eigenvalue weighted by molar-refractivity contribution is -0.150. The first kappa shape index (κ1) is 15.3. The molecular weight excluding hydrogens is 272 g/mol. The van der Waals surface area contributed by atoms with E-state index in [1.807, 2.05) is 12.3 Å². The number of hydrogen-bond acceptors (Lipinski definition) is 3. The van der Waals surface area contributed by atoms with Crippen molar-refractivity contribution in [3.63, 3.8) is 0 Å². The molecule has 0 unspecified atom stereocenters. The maximum absolute atomic E-state index is 11.7. The zero-order chi connectivity index (χ0) is 15.1. The Balaban J connectivity index is 1.72. The van der Waals surface area contributed by atoms with Crippen LogP contribution >= 0.6 is 0 Å². The predicted octanol–water partition coefficient (Wildman–Crippen LogP) is 1.22. The van der Waals surface area contributed by atoms with Gasteiger partial charge in [0.25, 0.3) is 0 Å². The van der Waals surface area contributed by atoms with Crippen LogP contribution in [0.2, 0.25) is 0 Å². The first-order valence-corrected chi connectivity index (χ1v) is 7.35. The van der Waals surface area contributed by atoms with Gasteiger partial charge in [0, 0.05) is 25.5 Å². The Bertz CT molecular complexity index is 467. The molecule has 0 saturated heterocycles. The van der Waals surface area contributed by atoms with Gasteiger partial charge in [0.15, 0.2) is 0 Å². The van der Waals surface area contributed by atoms with E-state index in [9.17, 15) is 14.7 Å². The van der Waals surface area contributed by atoms with Gasteiger partial charge in [-0.15, -0.1) is 0 Å². The van der Waals surface area contributed by atoms with Crippen LogP contribution < -0.4 is 10.6 Å². The van der Waals surface area contributed by atoms with E-state index in [1.165, 1.54) is 0 Å².